The number of cyclic esters (lactones) is 1. The van der Waals surface area contributed by atoms with Gasteiger partial charge in [0.25, 0.3) is 0 Å². The third-order valence-electron chi connectivity index (χ3n) is 11.4. The Hall–Kier alpha value is -1.26. The first-order valence-corrected chi connectivity index (χ1v) is 17.7. The van der Waals surface area contributed by atoms with Crippen LogP contribution in [0.25, 0.3) is 0 Å². The van der Waals surface area contributed by atoms with Crippen LogP contribution < -0.4 is 0 Å². The van der Waals surface area contributed by atoms with Crippen molar-refractivity contribution in [1.29, 1.82) is 0 Å². The lowest BCUT2D eigenvalue weighted by molar-refractivity contribution is -0.299. The fourth-order valence-electron chi connectivity index (χ4n) is 7.89. The van der Waals surface area contributed by atoms with Crippen molar-refractivity contribution in [3.63, 3.8) is 0 Å². The van der Waals surface area contributed by atoms with Crippen LogP contribution in [0, 0.1) is 29.6 Å². The van der Waals surface area contributed by atoms with E-state index in [0.717, 1.165) is 0 Å². The number of hydrogen-bond acceptors (Lipinski definition) is 13. The lowest BCUT2D eigenvalue weighted by Gasteiger charge is -2.46. The molecular formula is C35H61NO12. The molecule has 18 atom stereocenters. The van der Waals surface area contributed by atoms with Crippen LogP contribution in [0.1, 0.15) is 74.7 Å². The second-order valence-corrected chi connectivity index (χ2v) is 15.3. The monoisotopic (exact) mass is 687 g/mol. The summed E-state index contributed by atoms with van der Waals surface area (Å²) in [7, 11) is 5.32. The summed E-state index contributed by atoms with van der Waals surface area (Å²) < 4.78 is 43.0. The first-order valence-electron chi connectivity index (χ1n) is 17.7. The van der Waals surface area contributed by atoms with Gasteiger partial charge in [-0.1, -0.05) is 27.7 Å². The van der Waals surface area contributed by atoms with Crippen molar-refractivity contribution in [3.05, 3.63) is 0 Å². The number of hydrogen-bond donors (Lipinski definition) is 3. The highest BCUT2D eigenvalue weighted by molar-refractivity contribution is 5.92. The second kappa shape index (κ2) is 16.0. The number of esters is 1. The summed E-state index contributed by atoms with van der Waals surface area (Å²) in [5.74, 6) is -3.74. The molecule has 13 nitrogen and oxygen atoms in total. The minimum absolute atomic E-state index is 0.198. The van der Waals surface area contributed by atoms with Crippen molar-refractivity contribution in [1.82, 2.24) is 4.90 Å². The van der Waals surface area contributed by atoms with E-state index in [9.17, 15) is 24.9 Å². The van der Waals surface area contributed by atoms with Crippen LogP contribution in [0.5, 0.6) is 0 Å². The van der Waals surface area contributed by atoms with Gasteiger partial charge in [-0.05, 0) is 60.5 Å². The minimum Gasteiger partial charge on any atom is -0.462 e. The van der Waals surface area contributed by atoms with E-state index in [-0.39, 0.29) is 43.3 Å². The second-order valence-electron chi connectivity index (χ2n) is 15.3. The molecule has 0 saturated carbocycles. The van der Waals surface area contributed by atoms with Crippen molar-refractivity contribution in [2.45, 2.75) is 154 Å². The Balaban J connectivity index is 1.75. The third-order valence-corrected chi connectivity index (χ3v) is 11.4. The fraction of sp³-hybridized carbons (Fsp3) is 0.943. The van der Waals surface area contributed by atoms with E-state index in [0.29, 0.717) is 6.42 Å². The van der Waals surface area contributed by atoms with Gasteiger partial charge < -0.3 is 53.4 Å². The summed E-state index contributed by atoms with van der Waals surface area (Å²) in [6.07, 6.45) is -7.15. The predicted molar refractivity (Wildman–Crippen MR) is 174 cm³/mol. The number of methoxy groups -OCH3 is 1. The summed E-state index contributed by atoms with van der Waals surface area (Å²) in [4.78, 5) is 29.7. The zero-order chi connectivity index (χ0) is 35.8. The van der Waals surface area contributed by atoms with Crippen molar-refractivity contribution >= 4 is 11.8 Å². The number of carbonyl (C=O) groups is 2. The molecule has 4 saturated heterocycles. The van der Waals surface area contributed by atoms with Gasteiger partial charge in [0.2, 0.25) is 0 Å². The molecule has 1 spiro atoms. The summed E-state index contributed by atoms with van der Waals surface area (Å²) in [6, 6.07) is -0.219. The number of likely N-dealkylation sites (N-methyl/N-ethyl adjacent to an activating group) is 1. The van der Waals surface area contributed by atoms with Gasteiger partial charge >= 0.3 is 5.97 Å². The van der Waals surface area contributed by atoms with Crippen LogP contribution in [0.15, 0.2) is 0 Å². The molecular weight excluding hydrogens is 626 g/mol. The molecule has 0 amide bonds. The van der Waals surface area contributed by atoms with Gasteiger partial charge in [-0.3, -0.25) is 9.59 Å². The van der Waals surface area contributed by atoms with Gasteiger partial charge in [-0.2, -0.15) is 0 Å². The number of ether oxygens (including phenoxy) is 7. The van der Waals surface area contributed by atoms with E-state index < -0.39 is 96.7 Å². The molecule has 0 aromatic heterocycles. The van der Waals surface area contributed by atoms with Gasteiger partial charge in [0.1, 0.15) is 18.3 Å². The van der Waals surface area contributed by atoms with Crippen LogP contribution in [0.2, 0.25) is 0 Å². The van der Waals surface area contributed by atoms with Gasteiger partial charge in [0.05, 0.1) is 49.1 Å². The molecule has 4 rings (SSSR count). The maximum Gasteiger partial charge on any atom is 0.311 e. The van der Waals surface area contributed by atoms with Gasteiger partial charge in [0.15, 0.2) is 24.0 Å². The lowest BCUT2D eigenvalue weighted by Crippen LogP contribution is -2.57. The highest BCUT2D eigenvalue weighted by Crippen LogP contribution is 2.43. The number of rotatable bonds is 6. The maximum atomic E-state index is 13.9. The Kier molecular flexibility index (Phi) is 13.1. The zero-order valence-electron chi connectivity index (χ0n) is 30.6. The summed E-state index contributed by atoms with van der Waals surface area (Å²) in [5.41, 5.74) is -1.10. The van der Waals surface area contributed by atoms with E-state index in [4.69, 9.17) is 33.2 Å². The molecule has 4 aliphatic heterocycles. The SMILES string of the molecule is COC1C[C@H](O[C@H]2[C@H](C)[C@@H](O[C@@H]3O[C@H](C)C[C@H](N(C)C)[C@H]3O)[C@@H](C)C[C@@]3(CO3)C(=O)[C@H](C)[C@@H](O)[C@@H](C)[C@@H](C)OC(=O)[C@@H]2C)O[C@@H](C)C1O. The molecule has 2 unspecified atom stereocenters. The van der Waals surface area contributed by atoms with Crippen LogP contribution >= 0.6 is 0 Å². The standard InChI is InChI=1S/C35H61NO12/c1-16-14-35(15-43-35)32(40)19(4)27(37)18(3)22(7)46-33(41)21(6)31(47-26-13-25(42-11)28(38)23(8)45-26)20(5)30(16)48-34-29(39)24(36(9)10)12-17(2)44-34/h16-31,34,37-39H,12-15H2,1-11H3/t16-,17+,18-,19+,20+,21+,22+,23-,24-,25?,26-,27-,28?,29+,30-,31-,34-,35+/m0/s1. The highest BCUT2D eigenvalue weighted by atomic mass is 16.7. The molecule has 0 radical (unpaired) electrons. The summed E-state index contributed by atoms with van der Waals surface area (Å²) >= 11 is 0. The number of aliphatic hydroxyl groups excluding tert-OH is 3. The van der Waals surface area contributed by atoms with Crippen LogP contribution in [0.3, 0.4) is 0 Å². The van der Waals surface area contributed by atoms with Crippen molar-refractivity contribution in [3.8, 4) is 0 Å². The van der Waals surface area contributed by atoms with Crippen molar-refractivity contribution in [2.75, 3.05) is 27.8 Å². The average molecular weight is 688 g/mol. The van der Waals surface area contributed by atoms with Crippen LogP contribution in [-0.4, -0.2) is 139 Å². The molecule has 4 fully saturated rings. The number of epoxide rings is 1. The van der Waals surface area contributed by atoms with E-state index in [1.165, 1.54) is 7.11 Å². The zero-order valence-corrected chi connectivity index (χ0v) is 30.6. The lowest BCUT2D eigenvalue weighted by atomic mass is 9.76. The summed E-state index contributed by atoms with van der Waals surface area (Å²) in [6.45, 7) is 14.6. The Labute approximate surface area is 285 Å². The number of aliphatic hydroxyl groups is 3. The Morgan fingerprint density at radius 2 is 1.44 bits per heavy atom. The largest absolute Gasteiger partial charge is 0.462 e. The number of nitrogens with zero attached hydrogens (tertiary/aromatic N) is 1. The third kappa shape index (κ3) is 8.43. The maximum absolute atomic E-state index is 13.9. The normalized spacial score (nSPS) is 49.9. The molecule has 0 aromatic rings. The van der Waals surface area contributed by atoms with Gasteiger partial charge in [0, 0.05) is 37.3 Å². The molecule has 4 aliphatic rings. The van der Waals surface area contributed by atoms with Crippen LogP contribution in [0.4, 0.5) is 0 Å². The molecule has 0 bridgehead atoms. The average Bonchev–Trinajstić information content (AvgIpc) is 3.82. The Morgan fingerprint density at radius 1 is 0.792 bits per heavy atom. The van der Waals surface area contributed by atoms with E-state index >= 15 is 0 Å². The number of carbonyl (C=O) groups excluding carboxylic acids is 2. The number of ketones is 1. The van der Waals surface area contributed by atoms with Gasteiger partial charge in [-0.25, -0.2) is 0 Å². The molecule has 13 heteroatoms. The van der Waals surface area contributed by atoms with Gasteiger partial charge in [-0.15, -0.1) is 0 Å². The van der Waals surface area contributed by atoms with Crippen molar-refractivity contribution < 1.29 is 58.1 Å². The minimum atomic E-state index is -1.10. The van der Waals surface area contributed by atoms with E-state index in [1.807, 2.05) is 39.8 Å². The number of Topliss-reactive ketones (excluding diaryl/α,β-unsaturated/α-hetero) is 1. The summed E-state index contributed by atoms with van der Waals surface area (Å²) in [5, 5.41) is 33.3. The topological polar surface area (TPSA) is 166 Å². The molecule has 48 heavy (non-hydrogen) atoms. The van der Waals surface area contributed by atoms with E-state index in [1.54, 1.807) is 34.6 Å². The predicted octanol–water partition coefficient (Wildman–Crippen LogP) is 1.91. The first-order chi connectivity index (χ1) is 22.4. The first kappa shape index (κ1) is 39.5. The highest BCUT2D eigenvalue weighted by Gasteiger charge is 2.57. The van der Waals surface area contributed by atoms with E-state index in [2.05, 4.69) is 0 Å². The quantitative estimate of drug-likeness (QED) is 0.274. The molecule has 0 aromatic carbocycles. The smallest absolute Gasteiger partial charge is 0.311 e. The van der Waals surface area contributed by atoms with Crippen molar-refractivity contribution in [2.24, 2.45) is 29.6 Å². The Morgan fingerprint density at radius 3 is 2.02 bits per heavy atom. The molecule has 3 N–H and O–H groups in total. The molecule has 4 heterocycles. The fourth-order valence-corrected chi connectivity index (χ4v) is 7.89. The molecule has 278 valence electrons. The molecule has 0 aliphatic carbocycles. The van der Waals surface area contributed by atoms with Crippen LogP contribution in [-0.2, 0) is 42.7 Å². The Bertz CT molecular complexity index is 1090.